The Hall–Kier alpha value is -2.29. The van der Waals surface area contributed by atoms with Crippen molar-refractivity contribution in [3.05, 3.63) is 65.2 Å². The highest BCUT2D eigenvalue weighted by molar-refractivity contribution is 5.96. The zero-order chi connectivity index (χ0) is 14.5. The Kier molecular flexibility index (Phi) is 4.41. The van der Waals surface area contributed by atoms with Crippen LogP contribution in [0.1, 0.15) is 40.9 Å². The topological polar surface area (TPSA) is 49.3 Å². The van der Waals surface area contributed by atoms with E-state index >= 15 is 0 Å². The van der Waals surface area contributed by atoms with Gasteiger partial charge in [0.15, 0.2) is 0 Å². The molecule has 104 valence electrons. The molecule has 3 nitrogen and oxygen atoms in total. The summed E-state index contributed by atoms with van der Waals surface area (Å²) in [7, 11) is 0. The fourth-order valence-electron chi connectivity index (χ4n) is 2.21. The molecule has 0 heterocycles. The molecular formula is C17H19NO2. The fourth-order valence-corrected chi connectivity index (χ4v) is 2.21. The smallest absolute Gasteiger partial charge is 0.252 e. The van der Waals surface area contributed by atoms with Gasteiger partial charge in [-0.3, -0.25) is 4.79 Å². The number of phenols is 1. The number of phenolic OH excluding ortho intramolecular Hbond substituents is 1. The standard InChI is InChI=1S/C17H19NO2/c1-3-15(13-8-5-4-6-9-13)18-17(20)14-10-7-11-16(19)12(14)2/h4-11,15,19H,3H2,1-2H3,(H,18,20). The van der Waals surface area contributed by atoms with Crippen molar-refractivity contribution in [2.45, 2.75) is 26.3 Å². The van der Waals surface area contributed by atoms with Gasteiger partial charge in [-0.15, -0.1) is 0 Å². The van der Waals surface area contributed by atoms with Crippen LogP contribution in [-0.4, -0.2) is 11.0 Å². The molecule has 1 amide bonds. The first-order valence-electron chi connectivity index (χ1n) is 6.78. The van der Waals surface area contributed by atoms with Gasteiger partial charge in [0, 0.05) is 11.1 Å². The van der Waals surface area contributed by atoms with Crippen molar-refractivity contribution in [1.29, 1.82) is 0 Å². The van der Waals surface area contributed by atoms with Gasteiger partial charge in [0.2, 0.25) is 0 Å². The Morgan fingerprint density at radius 1 is 1.15 bits per heavy atom. The highest BCUT2D eigenvalue weighted by atomic mass is 16.3. The van der Waals surface area contributed by atoms with E-state index in [0.29, 0.717) is 11.1 Å². The molecule has 0 aliphatic heterocycles. The largest absolute Gasteiger partial charge is 0.508 e. The van der Waals surface area contributed by atoms with Crippen molar-refractivity contribution in [3.8, 4) is 5.75 Å². The molecule has 1 unspecified atom stereocenters. The van der Waals surface area contributed by atoms with Gasteiger partial charge in [-0.2, -0.15) is 0 Å². The zero-order valence-electron chi connectivity index (χ0n) is 11.8. The molecule has 0 spiro atoms. The minimum Gasteiger partial charge on any atom is -0.508 e. The molecule has 2 aromatic rings. The molecule has 0 fully saturated rings. The van der Waals surface area contributed by atoms with E-state index in [1.165, 1.54) is 0 Å². The first-order chi connectivity index (χ1) is 9.63. The molecule has 0 bridgehead atoms. The van der Waals surface area contributed by atoms with Crippen molar-refractivity contribution >= 4 is 5.91 Å². The van der Waals surface area contributed by atoms with Crippen molar-refractivity contribution in [3.63, 3.8) is 0 Å². The summed E-state index contributed by atoms with van der Waals surface area (Å²) in [5, 5.41) is 12.7. The minimum atomic E-state index is -0.158. The molecule has 20 heavy (non-hydrogen) atoms. The average molecular weight is 269 g/mol. The second-order valence-electron chi connectivity index (χ2n) is 4.79. The molecule has 0 radical (unpaired) electrons. The van der Waals surface area contributed by atoms with E-state index in [1.807, 2.05) is 37.3 Å². The van der Waals surface area contributed by atoms with Crippen LogP contribution >= 0.6 is 0 Å². The van der Waals surface area contributed by atoms with Gasteiger partial charge in [-0.1, -0.05) is 43.3 Å². The van der Waals surface area contributed by atoms with Crippen LogP contribution in [0.4, 0.5) is 0 Å². The first kappa shape index (κ1) is 14.1. The van der Waals surface area contributed by atoms with E-state index in [9.17, 15) is 9.90 Å². The van der Waals surface area contributed by atoms with Crippen LogP contribution in [0.15, 0.2) is 48.5 Å². The van der Waals surface area contributed by atoms with Gasteiger partial charge in [-0.05, 0) is 31.0 Å². The summed E-state index contributed by atoms with van der Waals surface area (Å²) in [5.74, 6) is -0.0143. The molecule has 2 aromatic carbocycles. The molecule has 2 N–H and O–H groups in total. The third kappa shape index (κ3) is 2.99. The maximum Gasteiger partial charge on any atom is 0.252 e. The van der Waals surface area contributed by atoms with Crippen molar-refractivity contribution in [1.82, 2.24) is 5.32 Å². The summed E-state index contributed by atoms with van der Waals surface area (Å²) in [6.07, 6.45) is 0.813. The van der Waals surface area contributed by atoms with E-state index < -0.39 is 0 Å². The third-order valence-electron chi connectivity index (χ3n) is 3.47. The van der Waals surface area contributed by atoms with Gasteiger partial charge < -0.3 is 10.4 Å². The second-order valence-corrected chi connectivity index (χ2v) is 4.79. The average Bonchev–Trinajstić information content (AvgIpc) is 2.48. The third-order valence-corrected chi connectivity index (χ3v) is 3.47. The lowest BCUT2D eigenvalue weighted by Crippen LogP contribution is -2.28. The van der Waals surface area contributed by atoms with E-state index in [4.69, 9.17) is 0 Å². The van der Waals surface area contributed by atoms with Crippen molar-refractivity contribution in [2.24, 2.45) is 0 Å². The van der Waals surface area contributed by atoms with Crippen molar-refractivity contribution < 1.29 is 9.90 Å². The molecule has 1 atom stereocenters. The zero-order valence-corrected chi connectivity index (χ0v) is 11.8. The Bertz CT molecular complexity index is 593. The summed E-state index contributed by atoms with van der Waals surface area (Å²) in [6, 6.07) is 14.9. The predicted octanol–water partition coefficient (Wildman–Crippen LogP) is 3.58. The SMILES string of the molecule is CCC(NC(=O)c1cccc(O)c1C)c1ccccc1. The Morgan fingerprint density at radius 2 is 1.85 bits per heavy atom. The number of carbonyl (C=O) groups excluding carboxylic acids is 1. The lowest BCUT2D eigenvalue weighted by atomic mass is 10.0. The minimum absolute atomic E-state index is 0.0227. The molecule has 2 rings (SSSR count). The van der Waals surface area contributed by atoms with Crippen LogP contribution < -0.4 is 5.32 Å². The maximum atomic E-state index is 12.3. The van der Waals surface area contributed by atoms with Gasteiger partial charge in [0.1, 0.15) is 5.75 Å². The van der Waals surface area contributed by atoms with Gasteiger partial charge in [0.05, 0.1) is 6.04 Å². The Balaban J connectivity index is 2.20. The highest BCUT2D eigenvalue weighted by Crippen LogP contribution is 2.21. The van der Waals surface area contributed by atoms with Crippen molar-refractivity contribution in [2.75, 3.05) is 0 Å². The summed E-state index contributed by atoms with van der Waals surface area (Å²) >= 11 is 0. The van der Waals surface area contributed by atoms with Crippen LogP contribution in [0.5, 0.6) is 5.75 Å². The number of aromatic hydroxyl groups is 1. The van der Waals surface area contributed by atoms with E-state index in [1.54, 1.807) is 25.1 Å². The Morgan fingerprint density at radius 3 is 2.50 bits per heavy atom. The first-order valence-corrected chi connectivity index (χ1v) is 6.78. The number of hydrogen-bond donors (Lipinski definition) is 2. The fraction of sp³-hybridized carbons (Fsp3) is 0.235. The second kappa shape index (κ2) is 6.24. The van der Waals surface area contributed by atoms with E-state index in [0.717, 1.165) is 12.0 Å². The lowest BCUT2D eigenvalue weighted by Gasteiger charge is -2.18. The number of nitrogens with one attached hydrogen (secondary N) is 1. The summed E-state index contributed by atoms with van der Waals surface area (Å²) in [6.45, 7) is 3.78. The Labute approximate surface area is 119 Å². The predicted molar refractivity (Wildman–Crippen MR) is 79.8 cm³/mol. The van der Waals surface area contributed by atoms with Gasteiger partial charge >= 0.3 is 0 Å². The quantitative estimate of drug-likeness (QED) is 0.891. The summed E-state index contributed by atoms with van der Waals surface area (Å²) < 4.78 is 0. The van der Waals surface area contributed by atoms with Crippen LogP contribution in [0, 0.1) is 6.92 Å². The lowest BCUT2D eigenvalue weighted by molar-refractivity contribution is 0.0934. The van der Waals surface area contributed by atoms with Gasteiger partial charge in [-0.25, -0.2) is 0 Å². The highest BCUT2D eigenvalue weighted by Gasteiger charge is 2.16. The molecule has 0 aromatic heterocycles. The molecule has 3 heteroatoms. The number of amides is 1. The maximum absolute atomic E-state index is 12.3. The molecular weight excluding hydrogens is 250 g/mol. The molecule has 0 aliphatic rings. The van der Waals surface area contributed by atoms with E-state index in [-0.39, 0.29) is 17.7 Å². The van der Waals surface area contributed by atoms with E-state index in [2.05, 4.69) is 5.32 Å². The van der Waals surface area contributed by atoms with Crippen LogP contribution in [0.2, 0.25) is 0 Å². The number of carbonyl (C=O) groups is 1. The summed E-state index contributed by atoms with van der Waals surface area (Å²) in [4.78, 5) is 12.3. The molecule has 0 saturated heterocycles. The monoisotopic (exact) mass is 269 g/mol. The molecule has 0 aliphatic carbocycles. The normalized spacial score (nSPS) is 11.9. The van der Waals surface area contributed by atoms with Crippen LogP contribution in [0.3, 0.4) is 0 Å². The number of rotatable bonds is 4. The summed E-state index contributed by atoms with van der Waals surface area (Å²) in [5.41, 5.74) is 2.20. The van der Waals surface area contributed by atoms with Crippen LogP contribution in [0.25, 0.3) is 0 Å². The number of hydrogen-bond acceptors (Lipinski definition) is 2. The van der Waals surface area contributed by atoms with Gasteiger partial charge in [0.25, 0.3) is 5.91 Å². The molecule has 0 saturated carbocycles. The number of benzene rings is 2. The van der Waals surface area contributed by atoms with Crippen LogP contribution in [-0.2, 0) is 0 Å².